The first-order chi connectivity index (χ1) is 19.1. The van der Waals surface area contributed by atoms with Crippen LogP contribution in [0, 0.1) is 41.4 Å². The van der Waals surface area contributed by atoms with Crippen LogP contribution in [0.25, 0.3) is 0 Å². The number of ketones is 3. The minimum Gasteiger partial charge on any atom is -0.511 e. The molecule has 2 fully saturated rings. The van der Waals surface area contributed by atoms with Gasteiger partial charge in [-0.15, -0.1) is 0 Å². The van der Waals surface area contributed by atoms with E-state index >= 15 is 0 Å². The molecule has 2 saturated carbocycles. The van der Waals surface area contributed by atoms with Gasteiger partial charge in [0.1, 0.15) is 30.3 Å². The first-order valence-corrected chi connectivity index (χ1v) is 14.2. The number of carbonyl (C=O) groups is 3. The van der Waals surface area contributed by atoms with Crippen molar-refractivity contribution in [2.24, 2.45) is 46.6 Å². The average molecular weight is 558 g/mol. The van der Waals surface area contributed by atoms with E-state index in [4.69, 9.17) is 9.57 Å². The lowest BCUT2D eigenvalue weighted by Gasteiger charge is -2.56. The molecule has 0 heterocycles. The molecule has 0 bridgehead atoms. The summed E-state index contributed by atoms with van der Waals surface area (Å²) in [5.41, 5.74) is -1.94. The second-order valence-electron chi connectivity index (χ2n) is 12.0. The molecule has 0 aromatic carbocycles. The van der Waals surface area contributed by atoms with Gasteiger partial charge in [0, 0.05) is 25.9 Å². The van der Waals surface area contributed by atoms with Gasteiger partial charge in [0.25, 0.3) is 0 Å². The standard InChI is InChI=1S/C30H39NO9/c1-4-20(32)26-22(34)12-17-10-15-11-19-18(14-5-8-23(39-2)16(9-14)13-31-40-3)6-7-21(33)25(19)27(35)24(15)28(36)30(17,38)29(26)37/h6-7,9,13-15,17-19,21,23-25,28,33-34,36,38H,4-5,8,10-12H2,1-3H3/b31-13+/t14?,15-,17+,18?,19?,21?,23?,24?,25?,28?,30+/m1/s1. The number of oxime groups is 1. The van der Waals surface area contributed by atoms with Crippen LogP contribution in [0.4, 0.5) is 0 Å². The van der Waals surface area contributed by atoms with Crippen molar-refractivity contribution in [3.63, 3.8) is 0 Å². The first-order valence-electron chi connectivity index (χ1n) is 14.2. The molecule has 5 aliphatic carbocycles. The van der Waals surface area contributed by atoms with E-state index in [1.54, 1.807) is 26.3 Å². The normalized spacial score (nSPS) is 43.2. The third-order valence-electron chi connectivity index (χ3n) is 10.1. The number of aliphatic hydroxyl groups is 4. The highest BCUT2D eigenvalue weighted by atomic mass is 16.6. The van der Waals surface area contributed by atoms with Gasteiger partial charge >= 0.3 is 0 Å². The number of rotatable bonds is 6. The lowest BCUT2D eigenvalue weighted by molar-refractivity contribution is -0.199. The van der Waals surface area contributed by atoms with Gasteiger partial charge in [0.15, 0.2) is 11.4 Å². The van der Waals surface area contributed by atoms with E-state index in [9.17, 15) is 34.8 Å². The maximum absolute atomic E-state index is 14.0. The van der Waals surface area contributed by atoms with E-state index in [2.05, 4.69) is 11.2 Å². The molecule has 5 aliphatic rings. The maximum Gasteiger partial charge on any atom is 0.204 e. The van der Waals surface area contributed by atoms with E-state index < -0.39 is 52.7 Å². The highest BCUT2D eigenvalue weighted by Gasteiger charge is 2.65. The molecule has 0 amide bonds. The number of aliphatic hydroxyl groups excluding tert-OH is 3. The third-order valence-corrected chi connectivity index (χ3v) is 10.1. The van der Waals surface area contributed by atoms with Gasteiger partial charge < -0.3 is 30.0 Å². The topological polar surface area (TPSA) is 163 Å². The molecule has 0 aromatic rings. The molecule has 8 unspecified atom stereocenters. The summed E-state index contributed by atoms with van der Waals surface area (Å²) < 4.78 is 5.61. The van der Waals surface area contributed by atoms with Gasteiger partial charge in [0.05, 0.1) is 30.3 Å². The zero-order valence-corrected chi connectivity index (χ0v) is 23.1. The molecule has 4 N–H and O–H groups in total. The van der Waals surface area contributed by atoms with Crippen molar-refractivity contribution >= 4 is 23.6 Å². The molecule has 0 aliphatic heterocycles. The lowest BCUT2D eigenvalue weighted by Crippen LogP contribution is -2.68. The van der Waals surface area contributed by atoms with E-state index in [1.165, 1.54) is 7.11 Å². The fourth-order valence-electron chi connectivity index (χ4n) is 8.24. The summed E-state index contributed by atoms with van der Waals surface area (Å²) in [6.07, 6.45) is 6.59. The fraction of sp³-hybridized carbons (Fsp3) is 0.667. The molecular weight excluding hydrogens is 518 g/mol. The van der Waals surface area contributed by atoms with Crippen molar-refractivity contribution in [3.8, 4) is 0 Å². The van der Waals surface area contributed by atoms with Crippen molar-refractivity contribution < 1.29 is 44.4 Å². The van der Waals surface area contributed by atoms with Gasteiger partial charge in [-0.3, -0.25) is 14.4 Å². The molecule has 10 heteroatoms. The second kappa shape index (κ2) is 11.0. The van der Waals surface area contributed by atoms with Crippen molar-refractivity contribution in [1.29, 1.82) is 0 Å². The number of carbonyl (C=O) groups excluding carboxylic acids is 3. The summed E-state index contributed by atoms with van der Waals surface area (Å²) in [4.78, 5) is 44.7. The monoisotopic (exact) mass is 557 g/mol. The van der Waals surface area contributed by atoms with Crippen molar-refractivity contribution in [3.05, 3.63) is 35.1 Å². The van der Waals surface area contributed by atoms with E-state index in [0.717, 1.165) is 18.4 Å². The molecule has 0 aromatic heterocycles. The third kappa shape index (κ3) is 4.40. The molecule has 5 rings (SSSR count). The van der Waals surface area contributed by atoms with E-state index in [0.29, 0.717) is 6.42 Å². The Labute approximate surface area is 233 Å². The molecule has 218 valence electrons. The average Bonchev–Trinajstić information content (AvgIpc) is 2.93. The summed E-state index contributed by atoms with van der Waals surface area (Å²) in [6.45, 7) is 1.54. The smallest absolute Gasteiger partial charge is 0.204 e. The first kappa shape index (κ1) is 28.9. The molecule has 40 heavy (non-hydrogen) atoms. The maximum atomic E-state index is 14.0. The highest BCUT2D eigenvalue weighted by Crippen LogP contribution is 2.56. The summed E-state index contributed by atoms with van der Waals surface area (Å²) in [5.74, 6) is -5.61. The Bertz CT molecular complexity index is 1190. The van der Waals surface area contributed by atoms with Crippen LogP contribution in [0.3, 0.4) is 0 Å². The molecule has 10 nitrogen and oxygen atoms in total. The number of nitrogens with zero attached hydrogens (tertiary/aromatic N) is 1. The summed E-state index contributed by atoms with van der Waals surface area (Å²) in [7, 11) is 3.11. The molecule has 0 radical (unpaired) electrons. The Kier molecular flexibility index (Phi) is 7.91. The number of Topliss-reactive ketones (excluding diaryl/α,β-unsaturated/α-hetero) is 3. The molecule has 0 saturated heterocycles. The Hall–Kier alpha value is -2.66. The number of methoxy groups -OCH3 is 1. The number of hydrogen-bond acceptors (Lipinski definition) is 10. The van der Waals surface area contributed by atoms with E-state index in [1.807, 2.05) is 6.08 Å². The quantitative estimate of drug-likeness (QED) is 0.165. The van der Waals surface area contributed by atoms with Gasteiger partial charge in [-0.2, -0.15) is 0 Å². The predicted molar refractivity (Wildman–Crippen MR) is 143 cm³/mol. The number of hydrogen-bond donors (Lipinski definition) is 4. The predicted octanol–water partition coefficient (Wildman–Crippen LogP) is 1.83. The molecule has 0 spiro atoms. The minimum absolute atomic E-state index is 0.0452. The van der Waals surface area contributed by atoms with Crippen LogP contribution >= 0.6 is 0 Å². The number of ether oxygens (including phenoxy) is 1. The van der Waals surface area contributed by atoms with Crippen molar-refractivity contribution in [1.82, 2.24) is 0 Å². The summed E-state index contributed by atoms with van der Waals surface area (Å²) in [6, 6.07) is 0. The van der Waals surface area contributed by atoms with Crippen LogP contribution in [0.5, 0.6) is 0 Å². The van der Waals surface area contributed by atoms with Crippen LogP contribution in [0.15, 0.2) is 40.3 Å². The van der Waals surface area contributed by atoms with Crippen LogP contribution in [0.1, 0.15) is 45.4 Å². The summed E-state index contributed by atoms with van der Waals surface area (Å²) >= 11 is 0. The molecule has 11 atom stereocenters. The minimum atomic E-state index is -2.35. The zero-order chi connectivity index (χ0) is 28.9. The highest BCUT2D eigenvalue weighted by molar-refractivity contribution is 6.24. The Morgan fingerprint density at radius 3 is 2.58 bits per heavy atom. The Morgan fingerprint density at radius 1 is 1.15 bits per heavy atom. The van der Waals surface area contributed by atoms with E-state index in [-0.39, 0.29) is 60.6 Å². The fourth-order valence-corrected chi connectivity index (χ4v) is 8.24. The van der Waals surface area contributed by atoms with Gasteiger partial charge in [0.2, 0.25) is 5.78 Å². The van der Waals surface area contributed by atoms with Gasteiger partial charge in [-0.25, -0.2) is 0 Å². The van der Waals surface area contributed by atoms with Crippen LogP contribution in [-0.4, -0.2) is 82.1 Å². The van der Waals surface area contributed by atoms with Gasteiger partial charge in [-0.1, -0.05) is 30.3 Å². The van der Waals surface area contributed by atoms with Crippen LogP contribution < -0.4 is 0 Å². The van der Waals surface area contributed by atoms with Crippen molar-refractivity contribution in [2.45, 2.75) is 69.4 Å². The SMILES string of the molecule is CCC(=O)C1=C(O)C[C@@H]2C[C@@H]3CC4C(C5C=C(/C=N/OC)C(OC)CC5)C=CC(O)C4C(=O)C3C(O)[C@]2(O)C1=O. The van der Waals surface area contributed by atoms with Gasteiger partial charge in [-0.05, 0) is 54.9 Å². The second-order valence-corrected chi connectivity index (χ2v) is 12.0. The molecular formula is C30H39NO9. The number of allylic oxidation sites excluding steroid dienone is 3. The van der Waals surface area contributed by atoms with Crippen LogP contribution in [0.2, 0.25) is 0 Å². The Morgan fingerprint density at radius 2 is 1.90 bits per heavy atom. The zero-order valence-electron chi connectivity index (χ0n) is 23.1. The van der Waals surface area contributed by atoms with Crippen LogP contribution in [-0.2, 0) is 24.0 Å². The largest absolute Gasteiger partial charge is 0.511 e. The summed E-state index contributed by atoms with van der Waals surface area (Å²) in [5, 5.41) is 48.6. The number of fused-ring (bicyclic) bond motifs is 3. The Balaban J connectivity index is 1.47. The van der Waals surface area contributed by atoms with Crippen molar-refractivity contribution in [2.75, 3.05) is 14.2 Å². The lowest BCUT2D eigenvalue weighted by atomic mass is 9.49.